The zero-order valence-corrected chi connectivity index (χ0v) is 9.36. The number of hydrogen-bond acceptors (Lipinski definition) is 5. The molecule has 90 valence electrons. The van der Waals surface area contributed by atoms with Crippen LogP contribution in [0.15, 0.2) is 29.2 Å². The van der Waals surface area contributed by atoms with Crippen LogP contribution in [0.25, 0.3) is 0 Å². The molecule has 0 aliphatic rings. The molecular weight excluding hydrogens is 220 g/mol. The summed E-state index contributed by atoms with van der Waals surface area (Å²) in [6.07, 6.45) is 2.36. The van der Waals surface area contributed by atoms with E-state index in [0.29, 0.717) is 26.1 Å². The van der Waals surface area contributed by atoms with Crippen molar-refractivity contribution in [1.29, 1.82) is 0 Å². The Hall–Kier alpha value is -2.02. The van der Waals surface area contributed by atoms with Crippen LogP contribution in [0.4, 0.5) is 0 Å². The molecule has 2 N–H and O–H groups in total. The molecule has 0 fully saturated rings. The Kier molecular flexibility index (Phi) is 3.61. The molecule has 2 heterocycles. The van der Waals surface area contributed by atoms with Crippen molar-refractivity contribution >= 4 is 0 Å². The summed E-state index contributed by atoms with van der Waals surface area (Å²) in [5, 5.41) is 11.3. The number of nitrogens with two attached hydrogens (primary N) is 1. The van der Waals surface area contributed by atoms with E-state index in [1.54, 1.807) is 21.5 Å². The van der Waals surface area contributed by atoms with Crippen molar-refractivity contribution < 1.29 is 0 Å². The van der Waals surface area contributed by atoms with Crippen LogP contribution < -0.4 is 11.3 Å². The second kappa shape index (κ2) is 5.35. The van der Waals surface area contributed by atoms with Gasteiger partial charge in [0.2, 0.25) is 0 Å². The molecule has 0 saturated carbocycles. The van der Waals surface area contributed by atoms with Crippen molar-refractivity contribution in [1.82, 2.24) is 24.8 Å². The number of nitrogens with zero attached hydrogens (tertiary/aromatic N) is 5. The fraction of sp³-hybridized carbons (Fsp3) is 0.400. The Morgan fingerprint density at radius 3 is 2.94 bits per heavy atom. The smallest absolute Gasteiger partial charge is 0.250 e. The van der Waals surface area contributed by atoms with Gasteiger partial charge in [0.05, 0.1) is 6.54 Å². The second-order valence-electron chi connectivity index (χ2n) is 3.59. The first-order valence-electron chi connectivity index (χ1n) is 5.42. The van der Waals surface area contributed by atoms with E-state index in [4.69, 9.17) is 5.73 Å². The lowest BCUT2D eigenvalue weighted by molar-refractivity contribution is 0.551. The maximum absolute atomic E-state index is 11.5. The van der Waals surface area contributed by atoms with E-state index in [2.05, 4.69) is 15.5 Å². The first-order valence-corrected chi connectivity index (χ1v) is 5.42. The van der Waals surface area contributed by atoms with Gasteiger partial charge in [-0.05, 0) is 16.5 Å². The van der Waals surface area contributed by atoms with Gasteiger partial charge in [-0.15, -0.1) is 5.10 Å². The maximum atomic E-state index is 11.5. The molecular formula is C10H14N6O. The first kappa shape index (κ1) is 11.5. The number of aromatic nitrogens is 5. The van der Waals surface area contributed by atoms with Crippen molar-refractivity contribution in [2.45, 2.75) is 19.5 Å². The van der Waals surface area contributed by atoms with E-state index < -0.39 is 0 Å². The average Bonchev–Trinajstić information content (AvgIpc) is 2.76. The van der Waals surface area contributed by atoms with Gasteiger partial charge in [-0.25, -0.2) is 4.68 Å². The predicted octanol–water partition coefficient (Wildman–Crippen LogP) is -0.964. The van der Waals surface area contributed by atoms with Crippen LogP contribution in [0.5, 0.6) is 0 Å². The topological polar surface area (TPSA) is 91.6 Å². The molecule has 2 aromatic rings. The standard InChI is InChI=1S/C10H14N6O/c11-5-8-16-9(12-13-14-16)4-7-15-6-2-1-3-10(15)17/h1-3,6H,4-5,7-8,11H2. The number of hydrogen-bond donors (Lipinski definition) is 1. The highest BCUT2D eigenvalue weighted by Crippen LogP contribution is 1.95. The molecule has 0 spiro atoms. The van der Waals surface area contributed by atoms with Crippen molar-refractivity contribution in [3.05, 3.63) is 40.6 Å². The highest BCUT2D eigenvalue weighted by atomic mass is 16.1. The number of rotatable bonds is 5. The van der Waals surface area contributed by atoms with E-state index in [1.165, 1.54) is 6.07 Å². The van der Waals surface area contributed by atoms with Gasteiger partial charge in [-0.1, -0.05) is 6.07 Å². The molecule has 7 heteroatoms. The van der Waals surface area contributed by atoms with Crippen LogP contribution in [0.2, 0.25) is 0 Å². The molecule has 0 saturated heterocycles. The molecule has 0 aliphatic heterocycles. The summed E-state index contributed by atoms with van der Waals surface area (Å²) in [5.74, 6) is 0.742. The van der Waals surface area contributed by atoms with E-state index >= 15 is 0 Å². The quantitative estimate of drug-likeness (QED) is 0.719. The third-order valence-corrected chi connectivity index (χ3v) is 2.42. The Morgan fingerprint density at radius 2 is 2.18 bits per heavy atom. The SMILES string of the molecule is NCCn1nnnc1CCn1ccccc1=O. The van der Waals surface area contributed by atoms with Gasteiger partial charge in [0.1, 0.15) is 0 Å². The summed E-state index contributed by atoms with van der Waals surface area (Å²) in [7, 11) is 0. The summed E-state index contributed by atoms with van der Waals surface area (Å²) in [5.41, 5.74) is 5.43. The van der Waals surface area contributed by atoms with E-state index in [0.717, 1.165) is 5.82 Å². The van der Waals surface area contributed by atoms with Gasteiger partial charge in [-0.2, -0.15) is 0 Å². The van der Waals surface area contributed by atoms with E-state index in [9.17, 15) is 4.79 Å². The van der Waals surface area contributed by atoms with Crippen LogP contribution in [-0.2, 0) is 19.5 Å². The van der Waals surface area contributed by atoms with Gasteiger partial charge in [0.25, 0.3) is 5.56 Å². The summed E-state index contributed by atoms with van der Waals surface area (Å²) >= 11 is 0. The summed E-state index contributed by atoms with van der Waals surface area (Å²) in [6, 6.07) is 5.07. The minimum Gasteiger partial charge on any atom is -0.329 e. The molecule has 0 bridgehead atoms. The van der Waals surface area contributed by atoms with E-state index in [1.807, 2.05) is 6.07 Å². The number of pyridine rings is 1. The maximum Gasteiger partial charge on any atom is 0.250 e. The minimum atomic E-state index is -0.0228. The predicted molar refractivity (Wildman–Crippen MR) is 61.3 cm³/mol. The molecule has 0 aromatic carbocycles. The van der Waals surface area contributed by atoms with Crippen LogP contribution in [0, 0.1) is 0 Å². The zero-order chi connectivity index (χ0) is 12.1. The lowest BCUT2D eigenvalue weighted by Gasteiger charge is -2.05. The molecule has 7 nitrogen and oxygen atoms in total. The first-order chi connectivity index (χ1) is 8.31. The van der Waals surface area contributed by atoms with Gasteiger partial charge < -0.3 is 10.3 Å². The van der Waals surface area contributed by atoms with Crippen molar-refractivity contribution in [3.63, 3.8) is 0 Å². The second-order valence-corrected chi connectivity index (χ2v) is 3.59. The largest absolute Gasteiger partial charge is 0.329 e. The zero-order valence-electron chi connectivity index (χ0n) is 9.36. The molecule has 0 atom stereocenters. The van der Waals surface area contributed by atoms with Crippen LogP contribution in [0.1, 0.15) is 5.82 Å². The summed E-state index contributed by atoms with van der Waals surface area (Å²) < 4.78 is 3.29. The number of tetrazole rings is 1. The van der Waals surface area contributed by atoms with Crippen LogP contribution in [0.3, 0.4) is 0 Å². The van der Waals surface area contributed by atoms with E-state index in [-0.39, 0.29) is 5.56 Å². The molecule has 17 heavy (non-hydrogen) atoms. The summed E-state index contributed by atoms with van der Waals surface area (Å²) in [4.78, 5) is 11.5. The molecule has 0 unspecified atom stereocenters. The lowest BCUT2D eigenvalue weighted by atomic mass is 10.3. The van der Waals surface area contributed by atoms with Gasteiger partial charge in [0, 0.05) is 31.8 Å². The van der Waals surface area contributed by atoms with Crippen LogP contribution >= 0.6 is 0 Å². The molecule has 0 amide bonds. The fourth-order valence-electron chi connectivity index (χ4n) is 1.56. The monoisotopic (exact) mass is 234 g/mol. The Labute approximate surface area is 97.9 Å². The van der Waals surface area contributed by atoms with Crippen molar-refractivity contribution in [3.8, 4) is 0 Å². The molecule has 0 aliphatic carbocycles. The summed E-state index contributed by atoms with van der Waals surface area (Å²) in [6.45, 7) is 1.64. The van der Waals surface area contributed by atoms with Crippen molar-refractivity contribution in [2.24, 2.45) is 5.73 Å². The highest BCUT2D eigenvalue weighted by Gasteiger charge is 2.05. The van der Waals surface area contributed by atoms with Gasteiger partial charge in [0.15, 0.2) is 5.82 Å². The average molecular weight is 234 g/mol. The highest BCUT2D eigenvalue weighted by molar-refractivity contribution is 4.94. The third kappa shape index (κ3) is 2.76. The Morgan fingerprint density at radius 1 is 1.29 bits per heavy atom. The molecule has 2 aromatic heterocycles. The Balaban J connectivity index is 2.05. The van der Waals surface area contributed by atoms with Crippen molar-refractivity contribution in [2.75, 3.05) is 6.54 Å². The normalized spacial score (nSPS) is 10.6. The van der Waals surface area contributed by atoms with Crippen LogP contribution in [-0.4, -0.2) is 31.3 Å². The van der Waals surface area contributed by atoms with Gasteiger partial charge >= 0.3 is 0 Å². The third-order valence-electron chi connectivity index (χ3n) is 2.42. The van der Waals surface area contributed by atoms with Gasteiger partial charge in [-0.3, -0.25) is 4.79 Å². The lowest BCUT2D eigenvalue weighted by Crippen LogP contribution is -2.21. The fourth-order valence-corrected chi connectivity index (χ4v) is 1.56. The minimum absolute atomic E-state index is 0.0228. The Bertz CT molecular complexity index is 531. The number of aryl methyl sites for hydroxylation is 2. The molecule has 0 radical (unpaired) electrons. The molecule has 2 rings (SSSR count).